The normalized spacial score (nSPS) is 42.2. The Hall–Kier alpha value is -1.47. The molecular weight excluding hydrogens is 540 g/mol. The van der Waals surface area contributed by atoms with Gasteiger partial charge in [0.05, 0.1) is 31.3 Å². The van der Waals surface area contributed by atoms with Crippen molar-refractivity contribution >= 4 is 5.91 Å². The fourth-order valence-electron chi connectivity index (χ4n) is 5.63. The van der Waals surface area contributed by atoms with Crippen molar-refractivity contribution in [1.82, 2.24) is 16.0 Å². The highest BCUT2D eigenvalue weighted by atomic mass is 16.7. The Labute approximate surface area is 240 Å². The van der Waals surface area contributed by atoms with Gasteiger partial charge in [-0.05, 0) is 58.2 Å². The van der Waals surface area contributed by atoms with Crippen LogP contribution in [0.2, 0.25) is 0 Å². The molecule has 0 unspecified atom stereocenters. The second-order valence-corrected chi connectivity index (χ2v) is 11.9. The monoisotopic (exact) mass is 588 g/mol. The molecule has 1 amide bonds. The number of hydrogen-bond donors (Lipinski definition) is 10. The summed E-state index contributed by atoms with van der Waals surface area (Å²) in [5, 5.41) is 51.9. The SMILES string of the molecule is CN[C@@H]1[C@@H](O)[C@@H](O[C@@H]2[C@@H](O)[C@H](O[C@H]3OC(CNCC4CC4)=CC[C@H]3N)[C@@H](N)C[C@H]2NC(=O)[C@H](O)CN)OC[C@]1(C)O. The third-order valence-corrected chi connectivity index (χ3v) is 8.26. The van der Waals surface area contributed by atoms with E-state index in [-0.39, 0.29) is 19.6 Å². The molecule has 13 N–H and O–H groups in total. The standard InChI is InChI=1S/C26H48N6O9/c1-26(37)11-38-25(19(35)22(26)30-2)41-21-16(32-23(36)17(33)8-27)7-15(29)20(18(21)34)40-24-14(28)6-5-13(39-24)10-31-9-12-3-4-12/h5,12,14-22,24-25,30-31,33-35,37H,3-4,6-11,27-29H2,1-2H3,(H,32,36)/t14-,15+,16-,17-,18+,19-,20-,21+,22-,24-,25-,26+/m1/s1. The lowest BCUT2D eigenvalue weighted by atomic mass is 9.83. The lowest BCUT2D eigenvalue weighted by Gasteiger charge is -2.48. The summed E-state index contributed by atoms with van der Waals surface area (Å²) in [6.45, 7) is 2.48. The van der Waals surface area contributed by atoms with Crippen LogP contribution >= 0.6 is 0 Å². The Morgan fingerprint density at radius 1 is 1.17 bits per heavy atom. The van der Waals surface area contributed by atoms with Crippen LogP contribution < -0.4 is 33.2 Å². The first-order valence-corrected chi connectivity index (χ1v) is 14.4. The second-order valence-electron chi connectivity index (χ2n) is 11.9. The van der Waals surface area contributed by atoms with E-state index in [1.54, 1.807) is 7.05 Å². The number of aliphatic hydroxyl groups is 4. The van der Waals surface area contributed by atoms with Gasteiger partial charge >= 0.3 is 0 Å². The fourth-order valence-corrected chi connectivity index (χ4v) is 5.63. The Bertz CT molecular complexity index is 909. The molecule has 2 saturated carbocycles. The topological polar surface area (TPSA) is 249 Å². The molecule has 0 aromatic carbocycles. The smallest absolute Gasteiger partial charge is 0.250 e. The van der Waals surface area contributed by atoms with E-state index in [0.29, 0.717) is 24.6 Å². The number of nitrogens with one attached hydrogen (secondary N) is 3. The minimum Gasteiger partial charge on any atom is -0.467 e. The summed E-state index contributed by atoms with van der Waals surface area (Å²) in [7, 11) is 1.58. The number of nitrogens with two attached hydrogens (primary N) is 3. The molecule has 2 aliphatic heterocycles. The predicted octanol–water partition coefficient (Wildman–Crippen LogP) is -4.33. The Balaban J connectivity index is 1.47. The summed E-state index contributed by atoms with van der Waals surface area (Å²) in [5.74, 6) is 0.632. The first-order chi connectivity index (χ1) is 19.4. The van der Waals surface area contributed by atoms with Crippen LogP contribution in [0.1, 0.15) is 32.6 Å². The van der Waals surface area contributed by atoms with Crippen LogP contribution in [0, 0.1) is 5.92 Å². The van der Waals surface area contributed by atoms with Gasteiger partial charge in [-0.25, -0.2) is 0 Å². The van der Waals surface area contributed by atoms with Gasteiger partial charge in [-0.2, -0.15) is 0 Å². The third kappa shape index (κ3) is 7.93. The summed E-state index contributed by atoms with van der Waals surface area (Å²) in [6.07, 6.45) is -3.66. The van der Waals surface area contributed by atoms with Gasteiger partial charge in [0, 0.05) is 12.6 Å². The summed E-state index contributed by atoms with van der Waals surface area (Å²) in [4.78, 5) is 12.5. The van der Waals surface area contributed by atoms with Gasteiger partial charge in [0.1, 0.15) is 41.9 Å². The number of carbonyl (C=O) groups is 1. The molecule has 4 rings (SSSR count). The largest absolute Gasteiger partial charge is 0.467 e. The number of aliphatic hydroxyl groups excluding tert-OH is 3. The number of hydrogen-bond acceptors (Lipinski definition) is 14. The fraction of sp³-hybridized carbons (Fsp3) is 0.885. The van der Waals surface area contributed by atoms with Crippen LogP contribution in [-0.4, -0.2) is 132 Å². The summed E-state index contributed by atoms with van der Waals surface area (Å²) in [6, 6.07) is -3.01. The molecular formula is C26H48N6O9. The van der Waals surface area contributed by atoms with Crippen LogP contribution in [-0.2, 0) is 23.7 Å². The molecule has 2 heterocycles. The average molecular weight is 589 g/mol. The average Bonchev–Trinajstić information content (AvgIpc) is 3.75. The predicted molar refractivity (Wildman–Crippen MR) is 146 cm³/mol. The van der Waals surface area contributed by atoms with Crippen molar-refractivity contribution in [3.05, 3.63) is 11.8 Å². The molecule has 236 valence electrons. The zero-order chi connectivity index (χ0) is 29.9. The number of likely N-dealkylation sites (N-methyl/N-ethyl adjacent to an activating group) is 1. The molecule has 41 heavy (non-hydrogen) atoms. The molecule has 15 heteroatoms. The van der Waals surface area contributed by atoms with Crippen molar-refractivity contribution in [1.29, 1.82) is 0 Å². The maximum atomic E-state index is 12.5. The van der Waals surface area contributed by atoms with E-state index in [2.05, 4.69) is 16.0 Å². The van der Waals surface area contributed by atoms with Crippen molar-refractivity contribution in [3.63, 3.8) is 0 Å². The minimum atomic E-state index is -1.48. The minimum absolute atomic E-state index is 0.0824. The lowest BCUT2D eigenvalue weighted by Crippen LogP contribution is -2.69. The lowest BCUT2D eigenvalue weighted by molar-refractivity contribution is -0.304. The van der Waals surface area contributed by atoms with Gasteiger partial charge in [-0.1, -0.05) is 0 Å². The highest BCUT2D eigenvalue weighted by Gasteiger charge is 2.51. The van der Waals surface area contributed by atoms with Crippen molar-refractivity contribution < 1.29 is 44.2 Å². The molecule has 2 aliphatic carbocycles. The quantitative estimate of drug-likeness (QED) is 0.104. The molecule has 4 aliphatic rings. The summed E-state index contributed by atoms with van der Waals surface area (Å²) in [5.41, 5.74) is 16.8. The van der Waals surface area contributed by atoms with Gasteiger partial charge in [0.2, 0.25) is 12.2 Å². The Kier molecular flexibility index (Phi) is 11.0. The molecule has 3 fully saturated rings. The third-order valence-electron chi connectivity index (χ3n) is 8.26. The zero-order valence-electron chi connectivity index (χ0n) is 23.7. The zero-order valence-corrected chi connectivity index (χ0v) is 23.7. The maximum Gasteiger partial charge on any atom is 0.250 e. The van der Waals surface area contributed by atoms with Gasteiger partial charge in [0.25, 0.3) is 0 Å². The number of rotatable bonds is 12. The van der Waals surface area contributed by atoms with E-state index in [1.807, 2.05) is 6.08 Å². The Morgan fingerprint density at radius 2 is 1.88 bits per heavy atom. The number of amides is 1. The molecule has 15 nitrogen and oxygen atoms in total. The second kappa shape index (κ2) is 13.9. The van der Waals surface area contributed by atoms with Gasteiger partial charge in [0.15, 0.2) is 6.29 Å². The van der Waals surface area contributed by atoms with Crippen molar-refractivity contribution in [2.45, 2.75) is 105 Å². The van der Waals surface area contributed by atoms with Gasteiger partial charge in [-0.3, -0.25) is 4.79 Å². The first kappa shape index (κ1) is 32.4. The van der Waals surface area contributed by atoms with Crippen LogP contribution in [0.15, 0.2) is 11.8 Å². The molecule has 1 saturated heterocycles. The van der Waals surface area contributed by atoms with Crippen LogP contribution in [0.5, 0.6) is 0 Å². The highest BCUT2D eigenvalue weighted by molar-refractivity contribution is 5.81. The number of ether oxygens (including phenoxy) is 4. The van der Waals surface area contributed by atoms with Crippen molar-refractivity contribution in [3.8, 4) is 0 Å². The molecule has 0 aromatic rings. The van der Waals surface area contributed by atoms with Crippen LogP contribution in [0.3, 0.4) is 0 Å². The first-order valence-electron chi connectivity index (χ1n) is 14.4. The van der Waals surface area contributed by atoms with E-state index in [1.165, 1.54) is 19.8 Å². The van der Waals surface area contributed by atoms with E-state index in [4.69, 9.17) is 36.1 Å². The van der Waals surface area contributed by atoms with Crippen LogP contribution in [0.25, 0.3) is 0 Å². The Morgan fingerprint density at radius 3 is 2.54 bits per heavy atom. The molecule has 0 bridgehead atoms. The number of carbonyl (C=O) groups excluding carboxylic acids is 1. The van der Waals surface area contributed by atoms with E-state index in [9.17, 15) is 25.2 Å². The molecule has 0 radical (unpaired) electrons. The molecule has 12 atom stereocenters. The van der Waals surface area contributed by atoms with Gasteiger partial charge in [-0.15, -0.1) is 0 Å². The molecule has 0 spiro atoms. The van der Waals surface area contributed by atoms with E-state index < -0.39 is 78.8 Å². The van der Waals surface area contributed by atoms with Gasteiger partial charge < -0.3 is 72.5 Å². The van der Waals surface area contributed by atoms with Crippen molar-refractivity contribution in [2.75, 3.05) is 33.3 Å². The van der Waals surface area contributed by atoms with E-state index in [0.717, 1.165) is 6.54 Å². The van der Waals surface area contributed by atoms with Crippen LogP contribution in [0.4, 0.5) is 0 Å². The van der Waals surface area contributed by atoms with E-state index >= 15 is 0 Å². The summed E-state index contributed by atoms with van der Waals surface area (Å²) >= 11 is 0. The summed E-state index contributed by atoms with van der Waals surface area (Å²) < 4.78 is 23.9. The maximum absolute atomic E-state index is 12.5. The highest BCUT2D eigenvalue weighted by Crippen LogP contribution is 2.32. The van der Waals surface area contributed by atoms with Crippen molar-refractivity contribution in [2.24, 2.45) is 23.1 Å². The molecule has 0 aromatic heterocycles.